The number of hydrogen-bond donors (Lipinski definition) is 1. The molecule has 1 N–H and O–H groups in total. The predicted molar refractivity (Wildman–Crippen MR) is 37.2 cm³/mol. The van der Waals surface area contributed by atoms with Crippen LogP contribution in [0.3, 0.4) is 0 Å². The molecule has 1 aliphatic rings. The molecule has 2 rings (SSSR count). The Bertz CT molecular complexity index is 352. The van der Waals surface area contributed by atoms with E-state index in [1.165, 1.54) is 12.3 Å². The van der Waals surface area contributed by atoms with Crippen LogP contribution in [0.5, 0.6) is 5.75 Å². The summed E-state index contributed by atoms with van der Waals surface area (Å²) in [7, 11) is 0. The number of nitrogens with one attached hydrogen (secondary N) is 1. The minimum absolute atomic E-state index is 0.182. The van der Waals surface area contributed by atoms with Crippen molar-refractivity contribution in [3.05, 3.63) is 24.4 Å². The number of aromatic amines is 1. The van der Waals surface area contributed by atoms with Crippen molar-refractivity contribution in [1.29, 1.82) is 0 Å². The van der Waals surface area contributed by atoms with E-state index in [9.17, 15) is 4.79 Å². The molecule has 1 aromatic rings. The highest BCUT2D eigenvalue weighted by Gasteiger charge is 2.09. The lowest BCUT2D eigenvalue weighted by Crippen LogP contribution is -1.88. The van der Waals surface area contributed by atoms with Crippen LogP contribution < -0.4 is 4.74 Å². The number of nitrogens with zero attached hydrogens (tertiary/aromatic N) is 3. The average molecular weight is 164 g/mol. The lowest BCUT2D eigenvalue weighted by Gasteiger charge is -1.95. The van der Waals surface area contributed by atoms with Crippen molar-refractivity contribution in [3.8, 4) is 5.75 Å². The van der Waals surface area contributed by atoms with E-state index in [0.717, 1.165) is 0 Å². The lowest BCUT2D eigenvalue weighted by molar-refractivity contribution is -0.113. The van der Waals surface area contributed by atoms with Crippen molar-refractivity contribution in [2.24, 2.45) is 10.2 Å². The van der Waals surface area contributed by atoms with E-state index in [-0.39, 0.29) is 5.88 Å². The Morgan fingerprint density at radius 3 is 2.92 bits per heavy atom. The summed E-state index contributed by atoms with van der Waals surface area (Å²) in [6.07, 6.45) is 4.21. The average Bonchev–Trinajstić information content (AvgIpc) is 2.63. The molecule has 1 aromatic heterocycles. The molecule has 6 nitrogen and oxygen atoms in total. The van der Waals surface area contributed by atoms with Gasteiger partial charge in [0.1, 0.15) is 0 Å². The second-order valence-corrected chi connectivity index (χ2v) is 2.06. The molecule has 0 saturated heterocycles. The number of hydrogen-bond acceptors (Lipinski definition) is 4. The summed E-state index contributed by atoms with van der Waals surface area (Å²) in [5.74, 6) is 0.268. The molecule has 0 fully saturated rings. The second-order valence-electron chi connectivity index (χ2n) is 2.06. The van der Waals surface area contributed by atoms with Gasteiger partial charge in [-0.05, 0) is 0 Å². The summed E-state index contributed by atoms with van der Waals surface area (Å²) in [5, 5.41) is 12.9. The molecule has 0 unspecified atom stereocenters. The van der Waals surface area contributed by atoms with Crippen molar-refractivity contribution in [2.75, 3.05) is 0 Å². The zero-order valence-electron chi connectivity index (χ0n) is 5.89. The number of aromatic nitrogens is 2. The van der Waals surface area contributed by atoms with Gasteiger partial charge in [-0.1, -0.05) is 0 Å². The van der Waals surface area contributed by atoms with Crippen LogP contribution >= 0.6 is 0 Å². The van der Waals surface area contributed by atoms with E-state index >= 15 is 0 Å². The Morgan fingerprint density at radius 1 is 1.42 bits per heavy atom. The normalized spacial score (nSPS) is 15.0. The maximum atomic E-state index is 10.5. The SMILES string of the molecule is O=C1C=C(Oc2cn[nH]c2)N=N1. The minimum Gasteiger partial charge on any atom is -0.434 e. The molecule has 0 bridgehead atoms. The van der Waals surface area contributed by atoms with Gasteiger partial charge in [0.2, 0.25) is 5.88 Å². The highest BCUT2D eigenvalue weighted by Crippen LogP contribution is 2.14. The van der Waals surface area contributed by atoms with E-state index in [2.05, 4.69) is 20.4 Å². The number of azo groups is 1. The van der Waals surface area contributed by atoms with Crippen molar-refractivity contribution < 1.29 is 9.53 Å². The standard InChI is InChI=1S/C6H4N4O2/c11-5-1-6(10-9-5)12-4-2-7-8-3-4/h1-3H,(H,7,8). The molecule has 0 aliphatic carbocycles. The van der Waals surface area contributed by atoms with Crippen LogP contribution in [0.4, 0.5) is 0 Å². The zero-order valence-corrected chi connectivity index (χ0v) is 5.89. The molecular formula is C6H4N4O2. The number of carbonyl (C=O) groups is 1. The second kappa shape index (κ2) is 2.57. The number of rotatable bonds is 2. The first-order valence-corrected chi connectivity index (χ1v) is 3.18. The summed E-state index contributed by atoms with van der Waals surface area (Å²) in [6.45, 7) is 0. The fraction of sp³-hybridized carbons (Fsp3) is 0. The third kappa shape index (κ3) is 1.22. The van der Waals surface area contributed by atoms with Gasteiger partial charge in [0.25, 0.3) is 5.91 Å². The molecule has 1 amide bonds. The smallest absolute Gasteiger partial charge is 0.293 e. The highest BCUT2D eigenvalue weighted by molar-refractivity contribution is 5.89. The molecule has 0 radical (unpaired) electrons. The third-order valence-electron chi connectivity index (χ3n) is 1.19. The molecule has 2 heterocycles. The molecule has 60 valence electrons. The quantitative estimate of drug-likeness (QED) is 0.695. The summed E-state index contributed by atoms with van der Waals surface area (Å²) in [5.41, 5.74) is 0. The highest BCUT2D eigenvalue weighted by atomic mass is 16.5. The van der Waals surface area contributed by atoms with E-state index in [1.807, 2.05) is 0 Å². The van der Waals surface area contributed by atoms with Crippen LogP contribution in [0.2, 0.25) is 0 Å². The van der Waals surface area contributed by atoms with E-state index in [0.29, 0.717) is 5.75 Å². The van der Waals surface area contributed by atoms with Gasteiger partial charge in [-0.2, -0.15) is 5.10 Å². The first-order chi connectivity index (χ1) is 5.84. The fourth-order valence-corrected chi connectivity index (χ4v) is 0.727. The van der Waals surface area contributed by atoms with E-state index in [4.69, 9.17) is 4.74 Å². The third-order valence-corrected chi connectivity index (χ3v) is 1.19. The zero-order chi connectivity index (χ0) is 8.39. The maximum absolute atomic E-state index is 10.5. The van der Waals surface area contributed by atoms with Gasteiger partial charge in [0, 0.05) is 0 Å². The van der Waals surface area contributed by atoms with Gasteiger partial charge in [-0.25, -0.2) is 0 Å². The molecule has 0 aromatic carbocycles. The Balaban J connectivity index is 2.11. The molecule has 6 heteroatoms. The molecule has 0 atom stereocenters. The van der Waals surface area contributed by atoms with Gasteiger partial charge in [0.05, 0.1) is 18.5 Å². The summed E-state index contributed by atoms with van der Waals surface area (Å²) >= 11 is 0. The van der Waals surface area contributed by atoms with Gasteiger partial charge < -0.3 is 4.74 Å². The monoisotopic (exact) mass is 164 g/mol. The topological polar surface area (TPSA) is 79.7 Å². The molecule has 1 aliphatic heterocycles. The molecule has 0 spiro atoms. The summed E-state index contributed by atoms with van der Waals surface area (Å²) < 4.78 is 5.07. The maximum Gasteiger partial charge on any atom is 0.293 e. The number of carbonyl (C=O) groups excluding carboxylic acids is 1. The van der Waals surface area contributed by atoms with E-state index < -0.39 is 5.91 Å². The lowest BCUT2D eigenvalue weighted by atomic mass is 10.6. The number of amides is 1. The van der Waals surface area contributed by atoms with Crippen LogP contribution in [0, 0.1) is 0 Å². The van der Waals surface area contributed by atoms with Gasteiger partial charge in [-0.3, -0.25) is 9.89 Å². The molecular weight excluding hydrogens is 160 g/mol. The Kier molecular flexibility index (Phi) is 1.44. The van der Waals surface area contributed by atoms with E-state index in [1.54, 1.807) is 6.20 Å². The largest absolute Gasteiger partial charge is 0.434 e. The van der Waals surface area contributed by atoms with Crippen LogP contribution in [0.1, 0.15) is 0 Å². The Morgan fingerprint density at radius 2 is 2.33 bits per heavy atom. The first kappa shape index (κ1) is 6.71. The Labute approximate surface area is 66.9 Å². The summed E-state index contributed by atoms with van der Waals surface area (Å²) in [6, 6.07) is 0. The van der Waals surface area contributed by atoms with Crippen molar-refractivity contribution >= 4 is 5.91 Å². The van der Waals surface area contributed by atoms with Gasteiger partial charge >= 0.3 is 0 Å². The van der Waals surface area contributed by atoms with Crippen LogP contribution in [-0.2, 0) is 4.79 Å². The minimum atomic E-state index is -0.409. The fourth-order valence-electron chi connectivity index (χ4n) is 0.727. The van der Waals surface area contributed by atoms with Gasteiger partial charge in [0.15, 0.2) is 5.75 Å². The van der Waals surface area contributed by atoms with Crippen molar-refractivity contribution in [3.63, 3.8) is 0 Å². The van der Waals surface area contributed by atoms with Crippen molar-refractivity contribution in [2.45, 2.75) is 0 Å². The molecule has 0 saturated carbocycles. The van der Waals surface area contributed by atoms with Crippen LogP contribution in [0.15, 0.2) is 34.6 Å². The summed E-state index contributed by atoms with van der Waals surface area (Å²) in [4.78, 5) is 10.5. The van der Waals surface area contributed by atoms with Crippen LogP contribution in [0.25, 0.3) is 0 Å². The Hall–Kier alpha value is -1.98. The number of ether oxygens (including phenoxy) is 1. The first-order valence-electron chi connectivity index (χ1n) is 3.18. The van der Waals surface area contributed by atoms with Gasteiger partial charge in [-0.15, -0.1) is 10.2 Å². The number of H-pyrrole nitrogens is 1. The predicted octanol–water partition coefficient (Wildman–Crippen LogP) is 0.622. The van der Waals surface area contributed by atoms with Crippen molar-refractivity contribution in [1.82, 2.24) is 10.2 Å². The van der Waals surface area contributed by atoms with Crippen LogP contribution in [-0.4, -0.2) is 16.1 Å². The molecule has 12 heavy (non-hydrogen) atoms.